The minimum atomic E-state index is -0.426. The van der Waals surface area contributed by atoms with Crippen LogP contribution in [0.3, 0.4) is 0 Å². The molecule has 20 heavy (non-hydrogen) atoms. The van der Waals surface area contributed by atoms with Crippen molar-refractivity contribution in [3.8, 4) is 0 Å². The molecule has 0 atom stereocenters. The SMILES string of the molecule is CCCCn1c(N)c(NCCCC2CC2)c(=O)[nH]c1=O. The Labute approximate surface area is 118 Å². The second-order valence-electron chi connectivity index (χ2n) is 5.54. The van der Waals surface area contributed by atoms with E-state index in [2.05, 4.69) is 10.3 Å². The fraction of sp³-hybridized carbons (Fsp3) is 0.714. The molecule has 1 aliphatic rings. The third-order valence-corrected chi connectivity index (χ3v) is 3.76. The number of hydrogen-bond acceptors (Lipinski definition) is 4. The number of nitrogens with zero attached hydrogens (tertiary/aromatic N) is 1. The summed E-state index contributed by atoms with van der Waals surface area (Å²) in [5.74, 6) is 1.13. The lowest BCUT2D eigenvalue weighted by Gasteiger charge is -2.13. The summed E-state index contributed by atoms with van der Waals surface area (Å²) in [6.45, 7) is 3.30. The fourth-order valence-electron chi connectivity index (χ4n) is 2.31. The molecular weight excluding hydrogens is 256 g/mol. The lowest BCUT2D eigenvalue weighted by atomic mass is 10.2. The van der Waals surface area contributed by atoms with Gasteiger partial charge in [-0.25, -0.2) is 4.79 Å². The van der Waals surface area contributed by atoms with Gasteiger partial charge in [0.1, 0.15) is 11.5 Å². The van der Waals surface area contributed by atoms with Gasteiger partial charge in [0.05, 0.1) is 0 Å². The molecule has 6 heteroatoms. The zero-order valence-electron chi connectivity index (χ0n) is 12.1. The standard InChI is InChI=1S/C14H24N4O2/c1-2-3-9-18-12(15)11(13(19)17-14(18)20)16-8-4-5-10-6-7-10/h10,16H,2-9,15H2,1H3,(H,17,19,20). The van der Waals surface area contributed by atoms with Gasteiger partial charge in [-0.15, -0.1) is 0 Å². The lowest BCUT2D eigenvalue weighted by Crippen LogP contribution is -2.34. The second kappa shape index (κ2) is 6.63. The van der Waals surface area contributed by atoms with Gasteiger partial charge in [-0.2, -0.15) is 0 Å². The quantitative estimate of drug-likeness (QED) is 0.629. The van der Waals surface area contributed by atoms with Gasteiger partial charge in [0.2, 0.25) is 0 Å². The molecule has 0 aliphatic heterocycles. The van der Waals surface area contributed by atoms with Crippen LogP contribution in [-0.4, -0.2) is 16.1 Å². The van der Waals surface area contributed by atoms with Crippen LogP contribution < -0.4 is 22.3 Å². The summed E-state index contributed by atoms with van der Waals surface area (Å²) in [6, 6.07) is 0. The number of aromatic nitrogens is 2. The average molecular weight is 280 g/mol. The normalized spacial score (nSPS) is 14.4. The molecule has 0 radical (unpaired) electrons. The van der Waals surface area contributed by atoms with Crippen LogP contribution in [0.15, 0.2) is 9.59 Å². The zero-order valence-corrected chi connectivity index (χ0v) is 12.1. The number of rotatable bonds is 8. The van der Waals surface area contributed by atoms with Gasteiger partial charge >= 0.3 is 5.69 Å². The monoisotopic (exact) mass is 280 g/mol. The Morgan fingerprint density at radius 3 is 2.75 bits per heavy atom. The molecule has 1 heterocycles. The van der Waals surface area contributed by atoms with E-state index in [1.165, 1.54) is 23.8 Å². The summed E-state index contributed by atoms with van der Waals surface area (Å²) in [4.78, 5) is 25.9. The highest BCUT2D eigenvalue weighted by Crippen LogP contribution is 2.33. The highest BCUT2D eigenvalue weighted by Gasteiger charge is 2.20. The van der Waals surface area contributed by atoms with E-state index in [9.17, 15) is 9.59 Å². The molecule has 1 aliphatic carbocycles. The number of H-pyrrole nitrogens is 1. The summed E-state index contributed by atoms with van der Waals surface area (Å²) >= 11 is 0. The molecule has 0 aromatic carbocycles. The van der Waals surface area contributed by atoms with Gasteiger partial charge < -0.3 is 11.1 Å². The minimum absolute atomic E-state index is 0.249. The van der Waals surface area contributed by atoms with Crippen molar-refractivity contribution >= 4 is 11.5 Å². The van der Waals surface area contributed by atoms with E-state index in [0.29, 0.717) is 12.2 Å². The van der Waals surface area contributed by atoms with Crippen LogP contribution in [0.5, 0.6) is 0 Å². The van der Waals surface area contributed by atoms with E-state index < -0.39 is 11.2 Å². The van der Waals surface area contributed by atoms with E-state index in [-0.39, 0.29) is 5.82 Å². The Balaban J connectivity index is 2.05. The van der Waals surface area contributed by atoms with Gasteiger partial charge in [-0.05, 0) is 25.2 Å². The number of nitrogens with one attached hydrogen (secondary N) is 2. The van der Waals surface area contributed by atoms with Crippen molar-refractivity contribution in [2.24, 2.45) is 5.92 Å². The summed E-state index contributed by atoms with van der Waals surface area (Å²) in [6.07, 6.45) is 6.72. The first-order chi connectivity index (χ1) is 9.63. The second-order valence-corrected chi connectivity index (χ2v) is 5.54. The first kappa shape index (κ1) is 14.7. The van der Waals surface area contributed by atoms with E-state index in [4.69, 9.17) is 5.73 Å². The molecule has 1 saturated carbocycles. The largest absolute Gasteiger partial charge is 0.383 e. The molecule has 112 valence electrons. The van der Waals surface area contributed by atoms with Crippen LogP contribution in [0.1, 0.15) is 45.4 Å². The maximum Gasteiger partial charge on any atom is 0.330 e. The van der Waals surface area contributed by atoms with Crippen molar-refractivity contribution in [2.45, 2.75) is 52.0 Å². The van der Waals surface area contributed by atoms with Crippen LogP contribution in [-0.2, 0) is 6.54 Å². The van der Waals surface area contributed by atoms with Crippen molar-refractivity contribution in [3.05, 3.63) is 20.8 Å². The van der Waals surface area contributed by atoms with E-state index >= 15 is 0 Å². The summed E-state index contributed by atoms with van der Waals surface area (Å²) in [7, 11) is 0. The Morgan fingerprint density at radius 2 is 2.10 bits per heavy atom. The molecule has 1 fully saturated rings. The zero-order chi connectivity index (χ0) is 14.5. The Kier molecular flexibility index (Phi) is 4.87. The third-order valence-electron chi connectivity index (χ3n) is 3.76. The average Bonchev–Trinajstić information content (AvgIpc) is 3.21. The number of nitrogen functional groups attached to an aromatic ring is 1. The minimum Gasteiger partial charge on any atom is -0.383 e. The number of nitrogens with two attached hydrogens (primary N) is 1. The molecule has 1 aromatic rings. The molecule has 1 aromatic heterocycles. The van der Waals surface area contributed by atoms with E-state index in [1.54, 1.807) is 0 Å². The lowest BCUT2D eigenvalue weighted by molar-refractivity contribution is 0.605. The number of unbranched alkanes of at least 4 members (excludes halogenated alkanes) is 1. The van der Waals surface area contributed by atoms with Gasteiger partial charge in [0, 0.05) is 13.1 Å². The smallest absolute Gasteiger partial charge is 0.330 e. The molecule has 0 bridgehead atoms. The van der Waals surface area contributed by atoms with Crippen molar-refractivity contribution < 1.29 is 0 Å². The molecule has 0 amide bonds. The maximum absolute atomic E-state index is 11.8. The van der Waals surface area contributed by atoms with Crippen molar-refractivity contribution in [3.63, 3.8) is 0 Å². The van der Waals surface area contributed by atoms with Gasteiger partial charge in [-0.1, -0.05) is 26.2 Å². The van der Waals surface area contributed by atoms with Crippen molar-refractivity contribution in [2.75, 3.05) is 17.6 Å². The van der Waals surface area contributed by atoms with Gasteiger partial charge in [0.15, 0.2) is 0 Å². The topological polar surface area (TPSA) is 92.9 Å². The fourth-order valence-corrected chi connectivity index (χ4v) is 2.31. The molecule has 0 spiro atoms. The first-order valence-corrected chi connectivity index (χ1v) is 7.50. The maximum atomic E-state index is 11.8. The summed E-state index contributed by atoms with van der Waals surface area (Å²) in [5.41, 5.74) is 5.44. The van der Waals surface area contributed by atoms with Crippen LogP contribution >= 0.6 is 0 Å². The van der Waals surface area contributed by atoms with E-state index in [0.717, 1.165) is 31.7 Å². The number of anilines is 2. The van der Waals surface area contributed by atoms with Crippen LogP contribution in [0.4, 0.5) is 11.5 Å². The summed E-state index contributed by atoms with van der Waals surface area (Å²) in [5, 5.41) is 3.08. The van der Waals surface area contributed by atoms with Crippen LogP contribution in [0, 0.1) is 5.92 Å². The number of hydrogen-bond donors (Lipinski definition) is 3. The van der Waals surface area contributed by atoms with Crippen LogP contribution in [0.2, 0.25) is 0 Å². The van der Waals surface area contributed by atoms with Gasteiger partial charge in [-0.3, -0.25) is 14.3 Å². The first-order valence-electron chi connectivity index (χ1n) is 7.50. The molecule has 0 saturated heterocycles. The molecular formula is C14H24N4O2. The highest BCUT2D eigenvalue weighted by molar-refractivity contribution is 5.60. The highest BCUT2D eigenvalue weighted by atomic mass is 16.2. The molecule has 2 rings (SSSR count). The Morgan fingerprint density at radius 1 is 1.35 bits per heavy atom. The van der Waals surface area contributed by atoms with Crippen LogP contribution in [0.25, 0.3) is 0 Å². The summed E-state index contributed by atoms with van der Waals surface area (Å²) < 4.78 is 1.44. The number of aromatic amines is 1. The predicted octanol–water partition coefficient (Wildman–Crippen LogP) is 1.52. The van der Waals surface area contributed by atoms with Crippen molar-refractivity contribution in [1.82, 2.24) is 9.55 Å². The molecule has 0 unspecified atom stereocenters. The molecule has 4 N–H and O–H groups in total. The van der Waals surface area contributed by atoms with Gasteiger partial charge in [0.25, 0.3) is 5.56 Å². The van der Waals surface area contributed by atoms with Crippen molar-refractivity contribution in [1.29, 1.82) is 0 Å². The Bertz CT molecular complexity index is 557. The molecule has 6 nitrogen and oxygen atoms in total. The van der Waals surface area contributed by atoms with E-state index in [1.807, 2.05) is 6.92 Å². The Hall–Kier alpha value is -1.72. The third kappa shape index (κ3) is 3.65. The predicted molar refractivity (Wildman–Crippen MR) is 81.1 cm³/mol.